The van der Waals surface area contributed by atoms with E-state index in [2.05, 4.69) is 5.32 Å². The van der Waals surface area contributed by atoms with Crippen molar-refractivity contribution < 1.29 is 19.4 Å². The fraction of sp³-hybridized carbons (Fsp3) is 0.200. The summed E-state index contributed by atoms with van der Waals surface area (Å²) in [7, 11) is 0. The predicted octanol–water partition coefficient (Wildman–Crippen LogP) is 3.64. The van der Waals surface area contributed by atoms with E-state index in [1.165, 1.54) is 0 Å². The van der Waals surface area contributed by atoms with E-state index in [9.17, 15) is 9.59 Å². The minimum Gasteiger partial charge on any atom is -0.481 e. The van der Waals surface area contributed by atoms with Gasteiger partial charge in [0.15, 0.2) is 0 Å². The minimum atomic E-state index is -0.806. The quantitative estimate of drug-likeness (QED) is 0.770. The zero-order valence-electron chi connectivity index (χ0n) is 13.9. The maximum Gasteiger partial charge on any atom is 0.407 e. The third-order valence-corrected chi connectivity index (χ3v) is 3.47. The third kappa shape index (κ3) is 7.35. The lowest BCUT2D eigenvalue weighted by molar-refractivity contribution is -0.136. The van der Waals surface area contributed by atoms with E-state index in [-0.39, 0.29) is 13.0 Å². The Morgan fingerprint density at radius 2 is 1.80 bits per heavy atom. The van der Waals surface area contributed by atoms with Gasteiger partial charge in [-0.3, -0.25) is 4.79 Å². The van der Waals surface area contributed by atoms with Crippen molar-refractivity contribution in [2.24, 2.45) is 0 Å². The summed E-state index contributed by atoms with van der Waals surface area (Å²) in [5, 5.41) is 11.4. The van der Waals surface area contributed by atoms with Gasteiger partial charge in [0.1, 0.15) is 6.61 Å². The maximum atomic E-state index is 11.6. The molecular formula is C20H21NO4. The van der Waals surface area contributed by atoms with Crippen LogP contribution in [0.3, 0.4) is 0 Å². The van der Waals surface area contributed by atoms with Gasteiger partial charge in [0.25, 0.3) is 0 Å². The average molecular weight is 339 g/mol. The molecule has 0 aromatic heterocycles. The summed E-state index contributed by atoms with van der Waals surface area (Å²) >= 11 is 0. The number of rotatable bonds is 8. The molecule has 2 aromatic carbocycles. The largest absolute Gasteiger partial charge is 0.481 e. The molecule has 2 aromatic rings. The predicted molar refractivity (Wildman–Crippen MR) is 96.1 cm³/mol. The minimum absolute atomic E-state index is 0.113. The molecule has 5 heteroatoms. The Labute approximate surface area is 146 Å². The first-order chi connectivity index (χ1) is 12.1. The highest BCUT2D eigenvalue weighted by molar-refractivity contribution is 5.68. The molecule has 0 saturated carbocycles. The van der Waals surface area contributed by atoms with E-state index < -0.39 is 12.1 Å². The number of nitrogens with one attached hydrogen (secondary N) is 1. The van der Waals surface area contributed by atoms with Crippen molar-refractivity contribution in [2.75, 3.05) is 6.54 Å². The Morgan fingerprint density at radius 1 is 1.04 bits per heavy atom. The Kier molecular flexibility index (Phi) is 7.25. The van der Waals surface area contributed by atoms with Crippen LogP contribution in [-0.2, 0) is 22.6 Å². The van der Waals surface area contributed by atoms with Gasteiger partial charge < -0.3 is 15.2 Å². The summed E-state index contributed by atoms with van der Waals surface area (Å²) < 4.78 is 5.11. The summed E-state index contributed by atoms with van der Waals surface area (Å²) in [5.74, 6) is -0.806. The number of hydrogen-bond acceptors (Lipinski definition) is 3. The van der Waals surface area contributed by atoms with Crippen LogP contribution in [0.1, 0.15) is 23.1 Å². The van der Waals surface area contributed by atoms with Crippen LogP contribution in [0.5, 0.6) is 0 Å². The first-order valence-corrected chi connectivity index (χ1v) is 8.05. The SMILES string of the molecule is O=C(O)CCc1cccc(C=CCNC(=O)OCc2ccccc2)c1. The number of carboxylic acid groups (broad SMARTS) is 1. The van der Waals surface area contributed by atoms with Gasteiger partial charge >= 0.3 is 12.1 Å². The van der Waals surface area contributed by atoms with Crippen LogP contribution < -0.4 is 5.32 Å². The third-order valence-electron chi connectivity index (χ3n) is 3.47. The topological polar surface area (TPSA) is 75.6 Å². The normalized spacial score (nSPS) is 10.6. The smallest absolute Gasteiger partial charge is 0.407 e. The van der Waals surface area contributed by atoms with Crippen molar-refractivity contribution in [1.29, 1.82) is 0 Å². The van der Waals surface area contributed by atoms with Gasteiger partial charge in [-0.2, -0.15) is 0 Å². The number of benzene rings is 2. The highest BCUT2D eigenvalue weighted by Crippen LogP contribution is 2.09. The Hall–Kier alpha value is -3.08. The molecule has 0 aliphatic carbocycles. The number of aliphatic carboxylic acids is 1. The van der Waals surface area contributed by atoms with Crippen LogP contribution in [0.2, 0.25) is 0 Å². The number of ether oxygens (including phenoxy) is 1. The van der Waals surface area contributed by atoms with Gasteiger partial charge in [0.2, 0.25) is 0 Å². The van der Waals surface area contributed by atoms with Crippen LogP contribution in [0, 0.1) is 0 Å². The zero-order chi connectivity index (χ0) is 17.9. The molecule has 0 atom stereocenters. The summed E-state index contributed by atoms with van der Waals surface area (Å²) in [6.45, 7) is 0.592. The number of aryl methyl sites for hydroxylation is 1. The lowest BCUT2D eigenvalue weighted by Gasteiger charge is -2.05. The first-order valence-electron chi connectivity index (χ1n) is 8.05. The van der Waals surface area contributed by atoms with Crippen LogP contribution in [0.4, 0.5) is 4.79 Å². The molecule has 1 amide bonds. The van der Waals surface area contributed by atoms with Crippen molar-refractivity contribution in [2.45, 2.75) is 19.4 Å². The first kappa shape index (κ1) is 18.3. The molecule has 0 radical (unpaired) electrons. The summed E-state index contributed by atoms with van der Waals surface area (Å²) in [5.41, 5.74) is 2.87. The summed E-state index contributed by atoms with van der Waals surface area (Å²) in [6.07, 6.45) is 3.84. The monoisotopic (exact) mass is 339 g/mol. The van der Waals surface area contributed by atoms with Crippen molar-refractivity contribution in [3.63, 3.8) is 0 Å². The van der Waals surface area contributed by atoms with Crippen LogP contribution in [-0.4, -0.2) is 23.7 Å². The molecule has 5 nitrogen and oxygen atoms in total. The molecule has 0 bridgehead atoms. The fourth-order valence-corrected chi connectivity index (χ4v) is 2.21. The standard InChI is InChI=1S/C20H21NO4/c22-19(23)12-11-17-9-4-8-16(14-17)10-5-13-21-20(24)25-15-18-6-2-1-3-7-18/h1-10,14H,11-13,15H2,(H,21,24)(H,22,23). The number of carbonyl (C=O) groups excluding carboxylic acids is 1. The number of carbonyl (C=O) groups is 2. The number of hydrogen-bond donors (Lipinski definition) is 2. The van der Waals surface area contributed by atoms with E-state index in [1.54, 1.807) is 0 Å². The molecule has 0 aliphatic rings. The highest BCUT2D eigenvalue weighted by atomic mass is 16.5. The molecule has 0 spiro atoms. The molecule has 2 N–H and O–H groups in total. The van der Waals surface area contributed by atoms with E-state index in [1.807, 2.05) is 66.7 Å². The van der Waals surface area contributed by atoms with Crippen LogP contribution in [0.15, 0.2) is 60.7 Å². The van der Waals surface area contributed by atoms with Gasteiger partial charge in [-0.15, -0.1) is 0 Å². The second-order valence-electron chi connectivity index (χ2n) is 5.48. The lowest BCUT2D eigenvalue weighted by Crippen LogP contribution is -2.24. The van der Waals surface area contributed by atoms with E-state index in [0.29, 0.717) is 13.0 Å². The molecule has 2 rings (SSSR count). The molecule has 130 valence electrons. The van der Waals surface area contributed by atoms with Gasteiger partial charge in [0, 0.05) is 13.0 Å². The Bertz CT molecular complexity index is 725. The van der Waals surface area contributed by atoms with Gasteiger partial charge in [-0.1, -0.05) is 66.7 Å². The van der Waals surface area contributed by atoms with Crippen LogP contribution in [0.25, 0.3) is 6.08 Å². The molecule has 0 heterocycles. The Balaban J connectivity index is 1.72. The average Bonchev–Trinajstić information content (AvgIpc) is 2.63. The molecule has 0 aliphatic heterocycles. The Morgan fingerprint density at radius 3 is 2.56 bits per heavy atom. The molecule has 0 unspecified atom stereocenters. The van der Waals surface area contributed by atoms with Crippen molar-refractivity contribution >= 4 is 18.1 Å². The summed E-state index contributed by atoms with van der Waals surface area (Å²) in [6, 6.07) is 17.1. The number of alkyl carbamates (subject to hydrolysis) is 1. The maximum absolute atomic E-state index is 11.6. The fourth-order valence-electron chi connectivity index (χ4n) is 2.21. The number of carboxylic acids is 1. The second kappa shape index (κ2) is 9.93. The summed E-state index contributed by atoms with van der Waals surface area (Å²) in [4.78, 5) is 22.2. The molecule has 0 fully saturated rings. The van der Waals surface area contributed by atoms with E-state index in [0.717, 1.165) is 16.7 Å². The van der Waals surface area contributed by atoms with E-state index >= 15 is 0 Å². The molecule has 0 saturated heterocycles. The van der Waals surface area contributed by atoms with E-state index in [4.69, 9.17) is 9.84 Å². The van der Waals surface area contributed by atoms with Crippen molar-refractivity contribution in [3.05, 3.63) is 77.4 Å². The van der Waals surface area contributed by atoms with Gasteiger partial charge in [-0.25, -0.2) is 4.79 Å². The molecular weight excluding hydrogens is 318 g/mol. The van der Waals surface area contributed by atoms with Gasteiger partial charge in [-0.05, 0) is 23.1 Å². The second-order valence-corrected chi connectivity index (χ2v) is 5.48. The molecule has 25 heavy (non-hydrogen) atoms. The van der Waals surface area contributed by atoms with Crippen LogP contribution >= 0.6 is 0 Å². The van der Waals surface area contributed by atoms with Crippen molar-refractivity contribution in [1.82, 2.24) is 5.32 Å². The zero-order valence-corrected chi connectivity index (χ0v) is 13.9. The number of amides is 1. The van der Waals surface area contributed by atoms with Crippen molar-refractivity contribution in [3.8, 4) is 0 Å². The lowest BCUT2D eigenvalue weighted by atomic mass is 10.1. The highest BCUT2D eigenvalue weighted by Gasteiger charge is 2.01. The van der Waals surface area contributed by atoms with Gasteiger partial charge in [0.05, 0.1) is 0 Å².